The minimum Gasteiger partial charge on any atom is -0.323 e. The van der Waals surface area contributed by atoms with Crippen molar-refractivity contribution in [3.05, 3.63) is 50.9 Å². The van der Waals surface area contributed by atoms with Gasteiger partial charge in [-0.1, -0.05) is 30.5 Å². The predicted molar refractivity (Wildman–Crippen MR) is 107 cm³/mol. The molecule has 2 heterocycles. The summed E-state index contributed by atoms with van der Waals surface area (Å²) in [6.07, 6.45) is 4.68. The van der Waals surface area contributed by atoms with E-state index in [1.54, 1.807) is 36.1 Å². The highest BCUT2D eigenvalue weighted by molar-refractivity contribution is 6.31. The molecular formula is C20H23ClN4O3. The number of nitrogens with zero attached hydrogens (tertiary/aromatic N) is 1. The van der Waals surface area contributed by atoms with Crippen LogP contribution in [0.3, 0.4) is 0 Å². The molecule has 2 amide bonds. The van der Waals surface area contributed by atoms with Crippen LogP contribution in [0.5, 0.6) is 0 Å². The largest absolute Gasteiger partial charge is 0.323 e. The van der Waals surface area contributed by atoms with Crippen LogP contribution < -0.4 is 10.9 Å². The number of nitrogens with one attached hydrogen (secondary N) is 3. The number of amides is 2. The van der Waals surface area contributed by atoms with Crippen LogP contribution in [-0.2, 0) is 4.79 Å². The highest BCUT2D eigenvalue weighted by Crippen LogP contribution is 2.41. The molecule has 8 heteroatoms. The van der Waals surface area contributed by atoms with Crippen molar-refractivity contribution < 1.29 is 9.59 Å². The van der Waals surface area contributed by atoms with Crippen molar-refractivity contribution in [2.45, 2.75) is 51.1 Å². The Hall–Kier alpha value is -2.54. The van der Waals surface area contributed by atoms with E-state index in [0.717, 1.165) is 25.7 Å². The molecule has 3 N–H and O–H groups in total. The number of halogens is 1. The normalized spacial score (nSPS) is 24.1. The van der Waals surface area contributed by atoms with Crippen LogP contribution in [-0.4, -0.2) is 39.0 Å². The Morgan fingerprint density at radius 3 is 2.71 bits per heavy atom. The molecule has 0 radical (unpaired) electrons. The van der Waals surface area contributed by atoms with Crippen molar-refractivity contribution in [2.75, 3.05) is 5.32 Å². The van der Waals surface area contributed by atoms with Crippen LogP contribution in [0.2, 0.25) is 5.02 Å². The Morgan fingerprint density at radius 1 is 1.21 bits per heavy atom. The molecule has 1 saturated carbocycles. The maximum Gasteiger partial charge on any atom is 0.287 e. The summed E-state index contributed by atoms with van der Waals surface area (Å²) < 4.78 is 0. The summed E-state index contributed by atoms with van der Waals surface area (Å²) >= 11 is 6.07. The topological polar surface area (TPSA) is 98.1 Å². The van der Waals surface area contributed by atoms with Crippen LogP contribution in [0.15, 0.2) is 29.1 Å². The second-order valence-electron chi connectivity index (χ2n) is 7.65. The first-order valence-electron chi connectivity index (χ1n) is 9.62. The van der Waals surface area contributed by atoms with Gasteiger partial charge in [-0.3, -0.25) is 19.5 Å². The monoisotopic (exact) mass is 402 g/mol. The quantitative estimate of drug-likeness (QED) is 0.735. The fourth-order valence-electron chi connectivity index (χ4n) is 4.56. The lowest BCUT2D eigenvalue weighted by Gasteiger charge is -2.33. The number of H-pyrrole nitrogens is 2. The first-order valence-corrected chi connectivity index (χ1v) is 10.00. The van der Waals surface area contributed by atoms with Gasteiger partial charge in [0.05, 0.1) is 5.69 Å². The summed E-state index contributed by atoms with van der Waals surface area (Å²) in [7, 11) is 0. The summed E-state index contributed by atoms with van der Waals surface area (Å²) in [5, 5.41) is 8.37. The van der Waals surface area contributed by atoms with Gasteiger partial charge < -0.3 is 15.3 Å². The number of rotatable bonds is 3. The van der Waals surface area contributed by atoms with Gasteiger partial charge in [-0.05, 0) is 50.3 Å². The molecule has 0 unspecified atom stereocenters. The number of carbonyl (C=O) groups is 2. The van der Waals surface area contributed by atoms with E-state index < -0.39 is 6.04 Å². The number of hydrogen-bond donors (Lipinski definition) is 3. The third-order valence-electron chi connectivity index (χ3n) is 5.91. The van der Waals surface area contributed by atoms with Gasteiger partial charge in [-0.15, -0.1) is 0 Å². The molecule has 2 aromatic rings. The number of fused-ring (bicyclic) bond motifs is 1. The predicted octanol–water partition coefficient (Wildman–Crippen LogP) is 3.08. The first kappa shape index (κ1) is 18.8. The minimum atomic E-state index is -0.603. The maximum absolute atomic E-state index is 13.3. The standard InChI is InChI=1S/C20H23ClN4O3/c1-11-17(19(27)24-23-11)22-18(26)16-10-12-5-2-3-8-15(12)25(16)20(28)13-6-4-7-14(21)9-13/h4,6-7,9,12,15-16H,2-3,5,8,10H2,1H3,(H,22,26)(H2,23,24,27)/t12-,15-,16-/m0/s1. The Balaban J connectivity index is 1.65. The zero-order valence-corrected chi connectivity index (χ0v) is 16.4. The molecule has 148 valence electrons. The molecule has 2 fully saturated rings. The molecule has 28 heavy (non-hydrogen) atoms. The number of aryl methyl sites for hydroxylation is 1. The van der Waals surface area contributed by atoms with Crippen molar-refractivity contribution in [1.82, 2.24) is 15.1 Å². The Bertz CT molecular complexity index is 966. The van der Waals surface area contributed by atoms with Crippen molar-refractivity contribution in [3.63, 3.8) is 0 Å². The van der Waals surface area contributed by atoms with Gasteiger partial charge in [0.25, 0.3) is 11.5 Å². The van der Waals surface area contributed by atoms with E-state index in [0.29, 0.717) is 28.6 Å². The van der Waals surface area contributed by atoms with E-state index in [-0.39, 0.29) is 29.1 Å². The van der Waals surface area contributed by atoms with Gasteiger partial charge in [0.1, 0.15) is 11.7 Å². The van der Waals surface area contributed by atoms with Crippen molar-refractivity contribution in [3.8, 4) is 0 Å². The zero-order valence-electron chi connectivity index (χ0n) is 15.6. The lowest BCUT2D eigenvalue weighted by molar-refractivity contribution is -0.120. The number of carbonyl (C=O) groups excluding carboxylic acids is 2. The van der Waals surface area contributed by atoms with Crippen LogP contribution in [0, 0.1) is 12.8 Å². The summed E-state index contributed by atoms with van der Waals surface area (Å²) in [6, 6.07) is 6.25. The number of hydrogen-bond acceptors (Lipinski definition) is 3. The Kier molecular flexibility index (Phi) is 5.02. The zero-order chi connectivity index (χ0) is 19.8. The molecular weight excluding hydrogens is 380 g/mol. The van der Waals surface area contributed by atoms with Crippen LogP contribution in [0.25, 0.3) is 0 Å². The molecule has 1 saturated heterocycles. The third-order valence-corrected chi connectivity index (χ3v) is 6.15. The average molecular weight is 403 g/mol. The highest BCUT2D eigenvalue weighted by atomic mass is 35.5. The smallest absolute Gasteiger partial charge is 0.287 e. The lowest BCUT2D eigenvalue weighted by Crippen LogP contribution is -2.48. The Labute approximate surface area is 167 Å². The minimum absolute atomic E-state index is 0.0431. The van der Waals surface area contributed by atoms with Gasteiger partial charge in [0.2, 0.25) is 5.91 Å². The second-order valence-corrected chi connectivity index (χ2v) is 8.09. The van der Waals surface area contributed by atoms with Crippen molar-refractivity contribution >= 4 is 29.1 Å². The number of likely N-dealkylation sites (tertiary alicyclic amines) is 1. The van der Waals surface area contributed by atoms with Crippen LogP contribution in [0.1, 0.15) is 48.2 Å². The summed E-state index contributed by atoms with van der Waals surface area (Å²) in [5.41, 5.74) is 0.859. The van der Waals surface area contributed by atoms with Gasteiger partial charge in [-0.25, -0.2) is 0 Å². The molecule has 0 spiro atoms. The highest BCUT2D eigenvalue weighted by Gasteiger charge is 2.47. The summed E-state index contributed by atoms with van der Waals surface area (Å²) in [5.74, 6) is -0.201. The molecule has 1 aliphatic heterocycles. The average Bonchev–Trinajstić information content (AvgIpc) is 3.22. The van der Waals surface area contributed by atoms with E-state index >= 15 is 0 Å². The summed E-state index contributed by atoms with van der Waals surface area (Å²) in [4.78, 5) is 40.0. The fraction of sp³-hybridized carbons (Fsp3) is 0.450. The van der Waals surface area contributed by atoms with Gasteiger partial charge in [0, 0.05) is 16.6 Å². The van der Waals surface area contributed by atoms with E-state index in [9.17, 15) is 14.4 Å². The molecule has 1 aromatic carbocycles. The number of anilines is 1. The molecule has 1 aromatic heterocycles. The van der Waals surface area contributed by atoms with Gasteiger partial charge >= 0.3 is 0 Å². The fourth-order valence-corrected chi connectivity index (χ4v) is 4.75. The van der Waals surface area contributed by atoms with E-state index in [1.165, 1.54) is 0 Å². The van der Waals surface area contributed by atoms with Crippen molar-refractivity contribution in [2.24, 2.45) is 5.92 Å². The third kappa shape index (κ3) is 3.35. The Morgan fingerprint density at radius 2 is 2.00 bits per heavy atom. The number of benzene rings is 1. The molecule has 2 aliphatic rings. The number of aromatic amines is 2. The second kappa shape index (κ2) is 7.47. The molecule has 3 atom stereocenters. The molecule has 1 aliphatic carbocycles. The van der Waals surface area contributed by atoms with E-state index in [2.05, 4.69) is 15.5 Å². The number of aromatic nitrogens is 2. The van der Waals surface area contributed by atoms with E-state index in [4.69, 9.17) is 11.6 Å². The molecule has 4 rings (SSSR count). The summed E-state index contributed by atoms with van der Waals surface area (Å²) in [6.45, 7) is 1.71. The molecule has 7 nitrogen and oxygen atoms in total. The van der Waals surface area contributed by atoms with Crippen LogP contribution >= 0.6 is 11.6 Å². The lowest BCUT2D eigenvalue weighted by atomic mass is 9.84. The van der Waals surface area contributed by atoms with Gasteiger partial charge in [0.15, 0.2) is 0 Å². The van der Waals surface area contributed by atoms with Crippen LogP contribution in [0.4, 0.5) is 5.69 Å². The van der Waals surface area contributed by atoms with Gasteiger partial charge in [-0.2, -0.15) is 0 Å². The van der Waals surface area contributed by atoms with E-state index in [1.807, 2.05) is 0 Å². The first-order chi connectivity index (χ1) is 13.5. The maximum atomic E-state index is 13.3. The van der Waals surface area contributed by atoms with Crippen molar-refractivity contribution in [1.29, 1.82) is 0 Å². The SMILES string of the molecule is Cc1[nH][nH]c(=O)c1NC(=O)[C@@H]1C[C@@H]2CCCC[C@@H]2N1C(=O)c1cccc(Cl)c1. The molecule has 0 bridgehead atoms.